The third-order valence-electron chi connectivity index (χ3n) is 5.31. The van der Waals surface area contributed by atoms with Crippen LogP contribution in [-0.4, -0.2) is 33.9 Å². The van der Waals surface area contributed by atoms with Gasteiger partial charge in [-0.15, -0.1) is 0 Å². The van der Waals surface area contributed by atoms with Gasteiger partial charge in [-0.2, -0.15) is 0 Å². The minimum Gasteiger partial charge on any atom is -0.481 e. The predicted octanol–water partition coefficient (Wildman–Crippen LogP) is 3.91. The predicted molar refractivity (Wildman–Crippen MR) is 96.3 cm³/mol. The van der Waals surface area contributed by atoms with Crippen LogP contribution >= 0.6 is 0 Å². The molecule has 0 radical (unpaired) electrons. The Morgan fingerprint density at radius 1 is 0.960 bits per heavy atom. The third kappa shape index (κ3) is 8.61. The molecule has 3 atom stereocenters. The standard InChI is InChI=1S/C20H34O5/c1-2-3-6-9-15(21)12-13-17-16(18(22)14-19(17)23)10-7-4-5-8-11-20(24)25/h16-18,22H,2-14H2,1H3,(H,24,25)/t16-,17+,18+/m0/s1. The fraction of sp³-hybridized carbons (Fsp3) is 0.850. The Morgan fingerprint density at radius 2 is 1.64 bits per heavy atom. The molecule has 1 rings (SSSR count). The van der Waals surface area contributed by atoms with Crippen LogP contribution in [0.2, 0.25) is 0 Å². The molecule has 0 saturated heterocycles. The molecule has 0 unspecified atom stereocenters. The highest BCUT2D eigenvalue weighted by atomic mass is 16.4. The van der Waals surface area contributed by atoms with Crippen molar-refractivity contribution in [2.24, 2.45) is 11.8 Å². The molecule has 0 aromatic heterocycles. The van der Waals surface area contributed by atoms with Crippen molar-refractivity contribution in [2.45, 2.75) is 96.5 Å². The van der Waals surface area contributed by atoms with Crippen molar-refractivity contribution in [1.82, 2.24) is 0 Å². The van der Waals surface area contributed by atoms with Crippen LogP contribution in [0.25, 0.3) is 0 Å². The number of Topliss-reactive ketones (excluding diaryl/α,β-unsaturated/α-hetero) is 2. The first kappa shape index (κ1) is 21.8. The van der Waals surface area contributed by atoms with Gasteiger partial charge in [0.1, 0.15) is 11.6 Å². The van der Waals surface area contributed by atoms with Gasteiger partial charge in [-0.05, 0) is 31.6 Å². The monoisotopic (exact) mass is 354 g/mol. The summed E-state index contributed by atoms with van der Waals surface area (Å²) in [5.41, 5.74) is 0. The van der Waals surface area contributed by atoms with Gasteiger partial charge in [0.25, 0.3) is 0 Å². The molecule has 1 fully saturated rings. The highest BCUT2D eigenvalue weighted by molar-refractivity contribution is 5.85. The maximum Gasteiger partial charge on any atom is 0.303 e. The number of ketones is 2. The van der Waals surface area contributed by atoms with Crippen LogP contribution in [0.3, 0.4) is 0 Å². The summed E-state index contributed by atoms with van der Waals surface area (Å²) in [6.45, 7) is 2.11. The Morgan fingerprint density at radius 3 is 2.32 bits per heavy atom. The lowest BCUT2D eigenvalue weighted by Gasteiger charge is -2.20. The number of aliphatic hydroxyl groups excluding tert-OH is 1. The molecule has 2 N–H and O–H groups in total. The minimum absolute atomic E-state index is 0.0320. The van der Waals surface area contributed by atoms with Crippen LogP contribution in [0.5, 0.6) is 0 Å². The fourth-order valence-electron chi connectivity index (χ4n) is 3.81. The van der Waals surface area contributed by atoms with Gasteiger partial charge in [0.15, 0.2) is 0 Å². The van der Waals surface area contributed by atoms with Gasteiger partial charge in [0.2, 0.25) is 0 Å². The quantitative estimate of drug-likeness (QED) is 0.462. The van der Waals surface area contributed by atoms with E-state index >= 15 is 0 Å². The molecule has 1 saturated carbocycles. The number of aliphatic hydroxyl groups is 1. The molecule has 0 bridgehead atoms. The highest BCUT2D eigenvalue weighted by Gasteiger charge is 2.40. The van der Waals surface area contributed by atoms with Gasteiger partial charge in [-0.1, -0.05) is 39.0 Å². The normalized spacial score (nSPS) is 23.1. The fourth-order valence-corrected chi connectivity index (χ4v) is 3.81. The van der Waals surface area contributed by atoms with Crippen LogP contribution < -0.4 is 0 Å². The molecular weight excluding hydrogens is 320 g/mol. The number of aliphatic carboxylic acids is 1. The molecule has 0 aromatic rings. The van der Waals surface area contributed by atoms with Crippen molar-refractivity contribution in [3.05, 3.63) is 0 Å². The van der Waals surface area contributed by atoms with Crippen molar-refractivity contribution in [2.75, 3.05) is 0 Å². The second-order valence-electron chi connectivity index (χ2n) is 7.39. The summed E-state index contributed by atoms with van der Waals surface area (Å²) in [6, 6.07) is 0. The van der Waals surface area contributed by atoms with Crippen LogP contribution in [0.4, 0.5) is 0 Å². The van der Waals surface area contributed by atoms with Gasteiger partial charge in [0.05, 0.1) is 6.10 Å². The second-order valence-corrected chi connectivity index (χ2v) is 7.39. The van der Waals surface area contributed by atoms with Crippen molar-refractivity contribution in [3.63, 3.8) is 0 Å². The van der Waals surface area contributed by atoms with Crippen LogP contribution in [-0.2, 0) is 14.4 Å². The average molecular weight is 354 g/mol. The van der Waals surface area contributed by atoms with E-state index in [1.807, 2.05) is 0 Å². The zero-order chi connectivity index (χ0) is 18.7. The molecule has 0 heterocycles. The van der Waals surface area contributed by atoms with Crippen molar-refractivity contribution in [1.29, 1.82) is 0 Å². The van der Waals surface area contributed by atoms with Gasteiger partial charge >= 0.3 is 5.97 Å². The Hall–Kier alpha value is -1.23. The SMILES string of the molecule is CCCCCC(=O)CC[C@H]1C(=O)C[C@@H](O)[C@H]1CCCCCCC(=O)O. The molecule has 5 heteroatoms. The van der Waals surface area contributed by atoms with E-state index in [2.05, 4.69) is 6.92 Å². The molecule has 144 valence electrons. The lowest BCUT2D eigenvalue weighted by molar-refractivity contribution is -0.137. The van der Waals surface area contributed by atoms with E-state index in [0.29, 0.717) is 25.7 Å². The smallest absolute Gasteiger partial charge is 0.303 e. The van der Waals surface area contributed by atoms with E-state index in [4.69, 9.17) is 5.11 Å². The maximum absolute atomic E-state index is 12.1. The molecule has 1 aliphatic rings. The number of rotatable bonds is 14. The molecule has 0 amide bonds. The number of carboxylic acid groups (broad SMARTS) is 1. The van der Waals surface area contributed by atoms with Gasteiger partial charge < -0.3 is 10.2 Å². The summed E-state index contributed by atoms with van der Waals surface area (Å²) >= 11 is 0. The summed E-state index contributed by atoms with van der Waals surface area (Å²) in [6.07, 6.45) is 8.71. The van der Waals surface area contributed by atoms with Gasteiger partial charge in [-0.3, -0.25) is 14.4 Å². The number of unbranched alkanes of at least 4 members (excludes halogenated alkanes) is 5. The number of carboxylic acids is 1. The van der Waals surface area contributed by atoms with Crippen LogP contribution in [0, 0.1) is 11.8 Å². The molecule has 5 nitrogen and oxygen atoms in total. The Bertz CT molecular complexity index is 432. The van der Waals surface area contributed by atoms with Gasteiger partial charge in [-0.25, -0.2) is 0 Å². The Kier molecular flexibility index (Phi) is 10.6. The first-order valence-electron chi connectivity index (χ1n) is 9.90. The largest absolute Gasteiger partial charge is 0.481 e. The Balaban J connectivity index is 2.31. The number of hydrogen-bond donors (Lipinski definition) is 2. The average Bonchev–Trinajstić information content (AvgIpc) is 2.82. The molecule has 0 aromatic carbocycles. The summed E-state index contributed by atoms with van der Waals surface area (Å²) in [7, 11) is 0. The highest BCUT2D eigenvalue weighted by Crippen LogP contribution is 2.36. The molecular formula is C20H34O5. The zero-order valence-corrected chi connectivity index (χ0v) is 15.5. The maximum atomic E-state index is 12.1. The van der Waals surface area contributed by atoms with E-state index in [-0.39, 0.29) is 36.2 Å². The molecule has 1 aliphatic carbocycles. The zero-order valence-electron chi connectivity index (χ0n) is 15.5. The summed E-state index contributed by atoms with van der Waals surface area (Å²) < 4.78 is 0. The second kappa shape index (κ2) is 12.2. The van der Waals surface area contributed by atoms with Crippen molar-refractivity contribution in [3.8, 4) is 0 Å². The summed E-state index contributed by atoms with van der Waals surface area (Å²) in [4.78, 5) is 34.6. The molecule has 0 spiro atoms. The summed E-state index contributed by atoms with van der Waals surface area (Å²) in [5.74, 6) is -0.639. The molecule has 25 heavy (non-hydrogen) atoms. The van der Waals surface area contributed by atoms with E-state index in [1.54, 1.807) is 0 Å². The topological polar surface area (TPSA) is 91.7 Å². The third-order valence-corrected chi connectivity index (χ3v) is 5.31. The lowest BCUT2D eigenvalue weighted by atomic mass is 9.85. The number of hydrogen-bond acceptors (Lipinski definition) is 4. The first-order valence-corrected chi connectivity index (χ1v) is 9.90. The van der Waals surface area contributed by atoms with Gasteiger partial charge in [0, 0.05) is 31.6 Å². The molecule has 0 aliphatic heterocycles. The van der Waals surface area contributed by atoms with E-state index in [1.165, 1.54) is 0 Å². The number of carbonyl (C=O) groups is 3. The summed E-state index contributed by atoms with van der Waals surface area (Å²) in [5, 5.41) is 18.8. The minimum atomic E-state index is -0.763. The van der Waals surface area contributed by atoms with Crippen molar-refractivity contribution < 1.29 is 24.6 Å². The van der Waals surface area contributed by atoms with E-state index in [0.717, 1.165) is 44.9 Å². The number of carbonyl (C=O) groups excluding carboxylic acids is 2. The van der Waals surface area contributed by atoms with Crippen LogP contribution in [0.15, 0.2) is 0 Å². The van der Waals surface area contributed by atoms with E-state index in [9.17, 15) is 19.5 Å². The lowest BCUT2D eigenvalue weighted by Crippen LogP contribution is -2.21. The van der Waals surface area contributed by atoms with E-state index < -0.39 is 12.1 Å². The Labute approximate surface area is 151 Å². The van der Waals surface area contributed by atoms with Crippen LogP contribution in [0.1, 0.15) is 90.4 Å². The first-order chi connectivity index (χ1) is 12.0. The van der Waals surface area contributed by atoms with Crippen molar-refractivity contribution >= 4 is 17.5 Å².